The van der Waals surface area contributed by atoms with Crippen molar-refractivity contribution in [2.75, 3.05) is 20.7 Å². The molecule has 0 radical (unpaired) electrons. The lowest BCUT2D eigenvalue weighted by molar-refractivity contribution is -0.144. The predicted molar refractivity (Wildman–Crippen MR) is 120 cm³/mol. The Kier molecular flexibility index (Phi) is 9.68. The maximum absolute atomic E-state index is 13.4. The van der Waals surface area contributed by atoms with Crippen LogP contribution in [-0.2, 0) is 23.9 Å². The molecule has 2 unspecified atom stereocenters. The molecule has 0 heterocycles. The van der Waals surface area contributed by atoms with Gasteiger partial charge in [0.15, 0.2) is 0 Å². The van der Waals surface area contributed by atoms with Crippen LogP contribution in [0.5, 0.6) is 0 Å². The van der Waals surface area contributed by atoms with Crippen LogP contribution in [0.3, 0.4) is 0 Å². The average molecular weight is 450 g/mol. The van der Waals surface area contributed by atoms with Crippen molar-refractivity contribution in [3.8, 4) is 0 Å². The van der Waals surface area contributed by atoms with Crippen molar-refractivity contribution in [3.63, 3.8) is 0 Å². The van der Waals surface area contributed by atoms with E-state index in [1.165, 1.54) is 19.1 Å². The topological polar surface area (TPSA) is 114 Å². The molecule has 0 spiro atoms. The van der Waals surface area contributed by atoms with Gasteiger partial charge in [0.1, 0.15) is 24.2 Å². The highest BCUT2D eigenvalue weighted by molar-refractivity contribution is 5.93. The summed E-state index contributed by atoms with van der Waals surface area (Å²) in [6.07, 6.45) is -0.722. The van der Waals surface area contributed by atoms with E-state index in [-0.39, 0.29) is 12.5 Å². The first kappa shape index (κ1) is 26.9. The van der Waals surface area contributed by atoms with Crippen molar-refractivity contribution in [2.24, 2.45) is 5.92 Å². The number of rotatable bonds is 8. The maximum Gasteiger partial charge on any atom is 0.408 e. The van der Waals surface area contributed by atoms with Crippen LogP contribution in [0.2, 0.25) is 0 Å². The van der Waals surface area contributed by atoms with E-state index in [9.17, 15) is 19.2 Å². The van der Waals surface area contributed by atoms with Crippen molar-refractivity contribution in [1.29, 1.82) is 0 Å². The highest BCUT2D eigenvalue weighted by atomic mass is 16.6. The summed E-state index contributed by atoms with van der Waals surface area (Å²) in [6.45, 7) is 10.2. The molecule has 1 aromatic rings. The summed E-state index contributed by atoms with van der Waals surface area (Å²) in [6, 6.07) is 5.22. The number of methoxy groups -OCH3 is 1. The molecule has 1 rings (SSSR count). The van der Waals surface area contributed by atoms with E-state index >= 15 is 0 Å². The SMILES string of the molecule is COC(=O)CNC(=O)C(c1ccccc1C)N(C)C(=O)C(NC(=O)OC(C)(C)C)C(C)C. The Morgan fingerprint density at radius 3 is 2.19 bits per heavy atom. The van der Waals surface area contributed by atoms with Crippen molar-refractivity contribution in [2.45, 2.75) is 59.2 Å². The van der Waals surface area contributed by atoms with Crippen LogP contribution >= 0.6 is 0 Å². The Bertz CT molecular complexity index is 831. The quantitative estimate of drug-likeness (QED) is 0.589. The Morgan fingerprint density at radius 2 is 1.69 bits per heavy atom. The van der Waals surface area contributed by atoms with Crippen LogP contribution in [0.4, 0.5) is 4.79 Å². The zero-order valence-electron chi connectivity index (χ0n) is 20.1. The molecule has 0 bridgehead atoms. The minimum Gasteiger partial charge on any atom is -0.468 e. The van der Waals surface area contributed by atoms with Gasteiger partial charge in [0, 0.05) is 7.05 Å². The Labute approximate surface area is 189 Å². The molecule has 2 N–H and O–H groups in total. The second-order valence-corrected chi connectivity index (χ2v) is 8.87. The van der Waals surface area contributed by atoms with E-state index in [2.05, 4.69) is 15.4 Å². The average Bonchev–Trinajstić information content (AvgIpc) is 2.69. The third-order valence-corrected chi connectivity index (χ3v) is 4.71. The number of amides is 3. The third-order valence-electron chi connectivity index (χ3n) is 4.71. The van der Waals surface area contributed by atoms with E-state index in [4.69, 9.17) is 4.74 Å². The number of nitrogens with zero attached hydrogens (tertiary/aromatic N) is 1. The maximum atomic E-state index is 13.4. The van der Waals surface area contributed by atoms with Crippen LogP contribution < -0.4 is 10.6 Å². The lowest BCUT2D eigenvalue weighted by Gasteiger charge is -2.33. The normalized spacial score (nSPS) is 13.0. The number of benzene rings is 1. The lowest BCUT2D eigenvalue weighted by atomic mass is 9.97. The van der Waals surface area contributed by atoms with Crippen LogP contribution in [0, 0.1) is 12.8 Å². The Balaban J connectivity index is 3.22. The third kappa shape index (κ3) is 7.86. The standard InChI is InChI=1S/C23H35N3O6/c1-14(2)18(25-22(30)32-23(4,5)6)21(29)26(7)19(16-12-10-9-11-15(16)3)20(28)24-13-17(27)31-8/h9-12,14,18-19H,13H2,1-8H3,(H,24,28)(H,25,30). The van der Waals surface area contributed by atoms with Gasteiger partial charge in [0.2, 0.25) is 11.8 Å². The number of hydrogen-bond acceptors (Lipinski definition) is 6. The Hall–Kier alpha value is -3.10. The summed E-state index contributed by atoms with van der Waals surface area (Å²) < 4.78 is 9.86. The van der Waals surface area contributed by atoms with Crippen molar-refractivity contribution >= 4 is 23.9 Å². The zero-order chi connectivity index (χ0) is 24.6. The number of likely N-dealkylation sites (N-methyl/N-ethyl adjacent to an activating group) is 1. The summed E-state index contributed by atoms with van der Waals surface area (Å²) in [5, 5.41) is 5.13. The highest BCUT2D eigenvalue weighted by Crippen LogP contribution is 2.25. The summed E-state index contributed by atoms with van der Waals surface area (Å²) in [7, 11) is 2.71. The molecule has 0 aromatic heterocycles. The number of hydrogen-bond donors (Lipinski definition) is 2. The molecule has 0 aliphatic rings. The second kappa shape index (κ2) is 11.5. The van der Waals surface area contributed by atoms with E-state index < -0.39 is 41.6 Å². The van der Waals surface area contributed by atoms with Crippen LogP contribution in [0.25, 0.3) is 0 Å². The first-order chi connectivity index (χ1) is 14.8. The smallest absolute Gasteiger partial charge is 0.408 e. The van der Waals surface area contributed by atoms with Gasteiger partial charge in [-0.2, -0.15) is 0 Å². The van der Waals surface area contributed by atoms with Crippen molar-refractivity contribution < 1.29 is 28.7 Å². The molecule has 0 saturated heterocycles. The number of aryl methyl sites for hydroxylation is 1. The van der Waals surface area contributed by atoms with Crippen LogP contribution in [0.15, 0.2) is 24.3 Å². The predicted octanol–water partition coefficient (Wildman–Crippen LogP) is 2.33. The Morgan fingerprint density at radius 1 is 1.09 bits per heavy atom. The van der Waals surface area contributed by atoms with Gasteiger partial charge in [-0.1, -0.05) is 38.1 Å². The molecule has 0 aliphatic heterocycles. The summed E-state index contributed by atoms with van der Waals surface area (Å²) in [5.74, 6) is -1.89. The second-order valence-electron chi connectivity index (χ2n) is 8.87. The van der Waals surface area contributed by atoms with Crippen LogP contribution in [0.1, 0.15) is 51.8 Å². The van der Waals surface area contributed by atoms with Gasteiger partial charge in [0.05, 0.1) is 7.11 Å². The highest BCUT2D eigenvalue weighted by Gasteiger charge is 2.36. The monoisotopic (exact) mass is 449 g/mol. The number of carbonyl (C=O) groups is 4. The molecule has 1 aromatic carbocycles. The zero-order valence-corrected chi connectivity index (χ0v) is 20.1. The molecule has 178 valence electrons. The molecule has 0 aliphatic carbocycles. The molecule has 3 amide bonds. The van der Waals surface area contributed by atoms with Crippen molar-refractivity contribution in [3.05, 3.63) is 35.4 Å². The van der Waals surface area contributed by atoms with E-state index in [0.717, 1.165) is 5.56 Å². The van der Waals surface area contributed by atoms with Gasteiger partial charge in [-0.3, -0.25) is 14.4 Å². The van der Waals surface area contributed by atoms with E-state index in [1.54, 1.807) is 46.8 Å². The first-order valence-electron chi connectivity index (χ1n) is 10.4. The fourth-order valence-electron chi connectivity index (χ4n) is 3.04. The van der Waals surface area contributed by atoms with Crippen molar-refractivity contribution in [1.82, 2.24) is 15.5 Å². The molecule has 0 fully saturated rings. The van der Waals surface area contributed by atoms with Gasteiger partial charge in [-0.15, -0.1) is 0 Å². The molecule has 9 heteroatoms. The minimum atomic E-state index is -1.02. The number of carbonyl (C=O) groups excluding carboxylic acids is 4. The molecule has 0 saturated carbocycles. The van der Waals surface area contributed by atoms with E-state index in [0.29, 0.717) is 5.56 Å². The first-order valence-corrected chi connectivity index (χ1v) is 10.4. The fraction of sp³-hybridized carbons (Fsp3) is 0.565. The minimum absolute atomic E-state index is 0.270. The largest absolute Gasteiger partial charge is 0.468 e. The molecule has 9 nitrogen and oxygen atoms in total. The fourth-order valence-corrected chi connectivity index (χ4v) is 3.04. The van der Waals surface area contributed by atoms with Gasteiger partial charge >= 0.3 is 12.1 Å². The molecular weight excluding hydrogens is 414 g/mol. The molecule has 2 atom stereocenters. The summed E-state index contributed by atoms with van der Waals surface area (Å²) in [4.78, 5) is 51.5. The van der Waals surface area contributed by atoms with Gasteiger partial charge in [0.25, 0.3) is 0 Å². The van der Waals surface area contributed by atoms with Gasteiger partial charge < -0.3 is 25.0 Å². The van der Waals surface area contributed by atoms with Gasteiger partial charge in [-0.05, 0) is 44.7 Å². The summed E-state index contributed by atoms with van der Waals surface area (Å²) in [5.41, 5.74) is 0.676. The lowest BCUT2D eigenvalue weighted by Crippen LogP contribution is -2.54. The summed E-state index contributed by atoms with van der Waals surface area (Å²) >= 11 is 0. The van der Waals surface area contributed by atoms with E-state index in [1.807, 2.05) is 19.1 Å². The molecular formula is C23H35N3O6. The molecule has 32 heavy (non-hydrogen) atoms. The number of alkyl carbamates (subject to hydrolysis) is 1. The number of esters is 1. The number of nitrogens with one attached hydrogen (secondary N) is 2. The van der Waals surface area contributed by atoms with Crippen LogP contribution in [-0.4, -0.2) is 61.1 Å². The van der Waals surface area contributed by atoms with Gasteiger partial charge in [-0.25, -0.2) is 4.79 Å². The number of ether oxygens (including phenoxy) is 2.